The highest BCUT2D eigenvalue weighted by Crippen LogP contribution is 2.40. The predicted octanol–water partition coefficient (Wildman–Crippen LogP) is 3.11. The van der Waals surface area contributed by atoms with Gasteiger partial charge in [0.1, 0.15) is 5.69 Å². The smallest absolute Gasteiger partial charge is 0.249 e. The molecule has 0 atom stereocenters. The molecule has 6 rings (SSSR count). The molecule has 1 aliphatic carbocycles. The van der Waals surface area contributed by atoms with Crippen LogP contribution in [0.15, 0.2) is 34.9 Å². The fourth-order valence-electron chi connectivity index (χ4n) is 4.23. The summed E-state index contributed by atoms with van der Waals surface area (Å²) in [5.41, 5.74) is 8.46. The molecule has 8 nitrogen and oxygen atoms in total. The van der Waals surface area contributed by atoms with E-state index < -0.39 is 5.91 Å². The maximum absolute atomic E-state index is 12.2. The highest BCUT2D eigenvalue weighted by molar-refractivity contribution is 6.08. The van der Waals surface area contributed by atoms with Crippen LogP contribution in [0.3, 0.4) is 0 Å². The molecule has 2 fully saturated rings. The Balaban J connectivity index is 1.68. The first-order valence-electron chi connectivity index (χ1n) is 10.0. The van der Waals surface area contributed by atoms with E-state index >= 15 is 0 Å². The number of imidazole rings is 1. The number of primary amides is 1. The molecule has 1 aromatic carbocycles. The van der Waals surface area contributed by atoms with Crippen molar-refractivity contribution in [2.45, 2.75) is 31.6 Å². The van der Waals surface area contributed by atoms with Gasteiger partial charge >= 0.3 is 0 Å². The zero-order chi connectivity index (χ0) is 19.5. The molecule has 4 heterocycles. The number of nitrogens with two attached hydrogens (primary N) is 1. The second kappa shape index (κ2) is 6.04. The highest BCUT2D eigenvalue weighted by Gasteiger charge is 2.31. The molecule has 1 saturated heterocycles. The molecule has 146 valence electrons. The molecule has 1 aliphatic heterocycles. The summed E-state index contributed by atoms with van der Waals surface area (Å²) in [5, 5.41) is 5.00. The molecule has 0 unspecified atom stereocenters. The highest BCUT2D eigenvalue weighted by atomic mass is 16.5. The van der Waals surface area contributed by atoms with Crippen molar-refractivity contribution in [3.05, 3.63) is 41.8 Å². The van der Waals surface area contributed by atoms with Crippen LogP contribution in [-0.4, -0.2) is 38.5 Å². The zero-order valence-electron chi connectivity index (χ0n) is 15.8. The summed E-state index contributed by atoms with van der Waals surface area (Å²) in [5.74, 6) is 1.87. The Bertz CT molecular complexity index is 1260. The summed E-state index contributed by atoms with van der Waals surface area (Å²) in [4.78, 5) is 24.0. The van der Waals surface area contributed by atoms with E-state index in [0.29, 0.717) is 28.9 Å². The van der Waals surface area contributed by atoms with E-state index in [0.717, 1.165) is 61.1 Å². The third-order valence-electron chi connectivity index (χ3n) is 5.85. The number of carbonyl (C=O) groups is 1. The maximum atomic E-state index is 12.2. The zero-order valence-corrected chi connectivity index (χ0v) is 15.8. The number of benzene rings is 1. The SMILES string of the molecule is NC(=O)c1cc2c(-c3noc(C4CC4)n3)nc(N3CCCC3)n2c2ccccc12. The third-order valence-corrected chi connectivity index (χ3v) is 5.85. The van der Waals surface area contributed by atoms with Crippen molar-refractivity contribution in [1.29, 1.82) is 0 Å². The normalized spacial score (nSPS) is 16.9. The van der Waals surface area contributed by atoms with E-state index in [1.54, 1.807) is 6.07 Å². The number of hydrogen-bond acceptors (Lipinski definition) is 6. The summed E-state index contributed by atoms with van der Waals surface area (Å²) in [6.45, 7) is 1.90. The maximum Gasteiger partial charge on any atom is 0.249 e. The van der Waals surface area contributed by atoms with Gasteiger partial charge in [0.05, 0.1) is 16.6 Å². The Morgan fingerprint density at radius 1 is 1.10 bits per heavy atom. The van der Waals surface area contributed by atoms with Crippen molar-refractivity contribution in [3.8, 4) is 11.5 Å². The van der Waals surface area contributed by atoms with Gasteiger partial charge in [0.15, 0.2) is 0 Å². The van der Waals surface area contributed by atoms with Crippen LogP contribution in [0.1, 0.15) is 47.8 Å². The van der Waals surface area contributed by atoms with E-state index in [2.05, 4.69) is 19.4 Å². The molecule has 2 N–H and O–H groups in total. The minimum atomic E-state index is -0.467. The number of hydrogen-bond donors (Lipinski definition) is 1. The van der Waals surface area contributed by atoms with Crippen LogP contribution >= 0.6 is 0 Å². The summed E-state index contributed by atoms with van der Waals surface area (Å²) in [7, 11) is 0. The largest absolute Gasteiger partial charge is 0.366 e. The standard InChI is InChI=1S/C21H20N6O2/c22-18(28)14-11-16-17(19-24-20(29-25-19)12-7-8-12)23-21(26-9-3-4-10-26)27(16)15-6-2-1-5-13(14)15/h1-2,5-6,11-12H,3-4,7-10H2,(H2,22,28). The van der Waals surface area contributed by atoms with Crippen LogP contribution in [0.5, 0.6) is 0 Å². The molecule has 1 saturated carbocycles. The summed E-state index contributed by atoms with van der Waals surface area (Å²) in [6.07, 6.45) is 4.44. The molecule has 4 aromatic rings. The lowest BCUT2D eigenvalue weighted by Gasteiger charge is -2.17. The number of aromatic nitrogens is 4. The molecule has 29 heavy (non-hydrogen) atoms. The van der Waals surface area contributed by atoms with Crippen molar-refractivity contribution in [2.24, 2.45) is 5.73 Å². The topological polar surface area (TPSA) is 103 Å². The van der Waals surface area contributed by atoms with Crippen molar-refractivity contribution in [2.75, 3.05) is 18.0 Å². The lowest BCUT2D eigenvalue weighted by molar-refractivity contribution is 0.100. The number of anilines is 1. The average molecular weight is 388 g/mol. The van der Waals surface area contributed by atoms with Crippen LogP contribution in [0, 0.1) is 0 Å². The summed E-state index contributed by atoms with van der Waals surface area (Å²) in [6, 6.07) is 9.59. The van der Waals surface area contributed by atoms with Crippen LogP contribution in [0.4, 0.5) is 5.95 Å². The molecule has 0 spiro atoms. The van der Waals surface area contributed by atoms with Gasteiger partial charge in [-0.2, -0.15) is 4.98 Å². The van der Waals surface area contributed by atoms with Crippen molar-refractivity contribution < 1.29 is 9.32 Å². The minimum Gasteiger partial charge on any atom is -0.366 e. The molecule has 1 amide bonds. The van der Waals surface area contributed by atoms with E-state index in [1.807, 2.05) is 24.3 Å². The van der Waals surface area contributed by atoms with Crippen LogP contribution in [0.2, 0.25) is 0 Å². The van der Waals surface area contributed by atoms with Gasteiger partial charge in [-0.3, -0.25) is 9.20 Å². The van der Waals surface area contributed by atoms with E-state index in [-0.39, 0.29) is 0 Å². The first-order valence-corrected chi connectivity index (χ1v) is 10.0. The number of nitrogens with zero attached hydrogens (tertiary/aromatic N) is 5. The molecule has 0 radical (unpaired) electrons. The molecule has 2 aliphatic rings. The number of rotatable bonds is 4. The van der Waals surface area contributed by atoms with Crippen LogP contribution in [-0.2, 0) is 0 Å². The number of fused-ring (bicyclic) bond motifs is 3. The monoisotopic (exact) mass is 388 g/mol. The fourth-order valence-corrected chi connectivity index (χ4v) is 4.23. The second-order valence-corrected chi connectivity index (χ2v) is 7.85. The molecule has 8 heteroatoms. The first-order chi connectivity index (χ1) is 14.2. The number of pyridine rings is 1. The van der Waals surface area contributed by atoms with Crippen molar-refractivity contribution in [1.82, 2.24) is 19.5 Å². The van der Waals surface area contributed by atoms with Gasteiger partial charge in [-0.05, 0) is 37.8 Å². The van der Waals surface area contributed by atoms with Gasteiger partial charge in [0.2, 0.25) is 23.6 Å². The molecule has 0 bridgehead atoms. The van der Waals surface area contributed by atoms with E-state index in [9.17, 15) is 4.79 Å². The Labute approximate surface area is 166 Å². The lowest BCUT2D eigenvalue weighted by Crippen LogP contribution is -2.21. The number of para-hydroxylation sites is 1. The number of amides is 1. The predicted molar refractivity (Wildman–Crippen MR) is 108 cm³/mol. The van der Waals surface area contributed by atoms with Crippen LogP contribution < -0.4 is 10.6 Å². The van der Waals surface area contributed by atoms with Crippen LogP contribution in [0.25, 0.3) is 27.9 Å². The molecule has 3 aromatic heterocycles. The van der Waals surface area contributed by atoms with Gasteiger partial charge < -0.3 is 15.2 Å². The van der Waals surface area contributed by atoms with Crippen molar-refractivity contribution in [3.63, 3.8) is 0 Å². The Morgan fingerprint density at radius 3 is 2.66 bits per heavy atom. The van der Waals surface area contributed by atoms with E-state index in [1.165, 1.54) is 0 Å². The van der Waals surface area contributed by atoms with Gasteiger partial charge in [0.25, 0.3) is 0 Å². The summed E-state index contributed by atoms with van der Waals surface area (Å²) < 4.78 is 7.57. The second-order valence-electron chi connectivity index (χ2n) is 7.85. The van der Waals surface area contributed by atoms with Gasteiger partial charge in [-0.15, -0.1) is 0 Å². The Hall–Kier alpha value is -3.42. The Kier molecular flexibility index (Phi) is 3.44. The average Bonchev–Trinajstić information content (AvgIpc) is 3.13. The van der Waals surface area contributed by atoms with Gasteiger partial charge in [-0.25, -0.2) is 4.98 Å². The summed E-state index contributed by atoms with van der Waals surface area (Å²) >= 11 is 0. The van der Waals surface area contributed by atoms with E-state index in [4.69, 9.17) is 15.2 Å². The Morgan fingerprint density at radius 2 is 1.90 bits per heavy atom. The van der Waals surface area contributed by atoms with Gasteiger partial charge in [-0.1, -0.05) is 23.4 Å². The lowest BCUT2D eigenvalue weighted by atomic mass is 10.1. The molecular formula is C21H20N6O2. The quantitative estimate of drug-likeness (QED) is 0.576. The number of carbonyl (C=O) groups excluding carboxylic acids is 1. The third kappa shape index (κ3) is 2.52. The van der Waals surface area contributed by atoms with Gasteiger partial charge in [0, 0.05) is 24.4 Å². The minimum absolute atomic E-state index is 0.366. The van der Waals surface area contributed by atoms with Crippen molar-refractivity contribution >= 4 is 28.3 Å². The first kappa shape index (κ1) is 16.5. The molecular weight excluding hydrogens is 368 g/mol. The fraction of sp³-hybridized carbons (Fsp3) is 0.333.